The fourth-order valence-corrected chi connectivity index (χ4v) is 1.49. The maximum atomic E-state index is 12.6. The van der Waals surface area contributed by atoms with Crippen LogP contribution in [0.5, 0.6) is 0 Å². The quantitative estimate of drug-likeness (QED) is 0.473. The van der Waals surface area contributed by atoms with Gasteiger partial charge in [0, 0.05) is 6.07 Å². The van der Waals surface area contributed by atoms with Gasteiger partial charge >= 0.3 is 6.18 Å². The fraction of sp³-hybridized carbons (Fsp3) is 0.111. The number of nitro benzene ring substituents is 1. The second-order valence-corrected chi connectivity index (χ2v) is 3.37. The third kappa shape index (κ3) is 2.41. The number of rotatable bonds is 2. The summed E-state index contributed by atoms with van der Waals surface area (Å²) in [5.74, 6) is 0. The Kier molecular flexibility index (Phi) is 3.57. The van der Waals surface area contributed by atoms with Crippen LogP contribution in [-0.2, 0) is 6.18 Å². The summed E-state index contributed by atoms with van der Waals surface area (Å²) in [6.07, 6.45) is -4.94. The highest BCUT2D eigenvalue weighted by Gasteiger charge is 2.38. The Morgan fingerprint density at radius 3 is 2.33 bits per heavy atom. The number of benzene rings is 1. The lowest BCUT2D eigenvalue weighted by Gasteiger charge is -2.11. The first-order valence-electron chi connectivity index (χ1n) is 4.18. The Morgan fingerprint density at radius 2 is 2.00 bits per heavy atom. The van der Waals surface area contributed by atoms with E-state index in [0.717, 1.165) is 0 Å². The van der Waals surface area contributed by atoms with Crippen LogP contribution in [-0.4, -0.2) is 10.2 Å². The summed E-state index contributed by atoms with van der Waals surface area (Å²) in [7, 11) is 0. The number of carbonyl (C=O) groups excluding carboxylic acids is 1. The van der Waals surface area contributed by atoms with Crippen molar-refractivity contribution in [2.24, 2.45) is 0 Å². The van der Waals surface area contributed by atoms with Crippen molar-refractivity contribution in [3.8, 4) is 6.07 Å². The van der Waals surface area contributed by atoms with Crippen molar-refractivity contribution < 1.29 is 22.9 Å². The van der Waals surface area contributed by atoms with Crippen molar-refractivity contribution >= 4 is 22.5 Å². The Bertz CT molecular complexity index is 578. The van der Waals surface area contributed by atoms with Crippen LogP contribution in [0.4, 0.5) is 18.9 Å². The molecule has 0 atom stereocenters. The van der Waals surface area contributed by atoms with E-state index < -0.39 is 38.7 Å². The molecule has 0 saturated heterocycles. The van der Waals surface area contributed by atoms with Gasteiger partial charge < -0.3 is 0 Å². The molecule has 0 aromatic heterocycles. The van der Waals surface area contributed by atoms with Crippen molar-refractivity contribution in [1.82, 2.24) is 0 Å². The monoisotopic (exact) mass is 278 g/mol. The van der Waals surface area contributed by atoms with Crippen molar-refractivity contribution in [1.29, 1.82) is 5.26 Å². The van der Waals surface area contributed by atoms with E-state index >= 15 is 0 Å². The predicted octanol–water partition coefficient (Wildman–Crippen LogP) is 2.86. The molecule has 18 heavy (non-hydrogen) atoms. The first kappa shape index (κ1) is 13.9. The Morgan fingerprint density at radius 1 is 1.44 bits per heavy atom. The third-order valence-electron chi connectivity index (χ3n) is 1.99. The topological polar surface area (TPSA) is 84.0 Å². The normalized spacial score (nSPS) is 10.8. The van der Waals surface area contributed by atoms with Gasteiger partial charge in [-0.25, -0.2) is 0 Å². The number of nitrogens with zero attached hydrogens (tertiary/aromatic N) is 2. The van der Waals surface area contributed by atoms with Crippen LogP contribution >= 0.6 is 11.6 Å². The summed E-state index contributed by atoms with van der Waals surface area (Å²) in [5, 5.41) is 17.6. The van der Waals surface area contributed by atoms with Gasteiger partial charge in [-0.3, -0.25) is 14.9 Å². The van der Waals surface area contributed by atoms with E-state index in [1.165, 1.54) is 6.07 Å². The van der Waals surface area contributed by atoms with E-state index in [-0.39, 0.29) is 0 Å². The zero-order chi connectivity index (χ0) is 14.1. The predicted molar refractivity (Wildman–Crippen MR) is 53.0 cm³/mol. The molecule has 0 amide bonds. The molecule has 0 spiro atoms. The van der Waals surface area contributed by atoms with Crippen LogP contribution in [0.1, 0.15) is 21.5 Å². The van der Waals surface area contributed by atoms with Gasteiger partial charge in [0.25, 0.3) is 10.9 Å². The lowest BCUT2D eigenvalue weighted by Crippen LogP contribution is -2.13. The Labute approximate surface area is 103 Å². The molecule has 0 bridgehead atoms. The minimum Gasteiger partial charge on any atom is -0.276 e. The standard InChI is InChI=1S/C9H2ClF3N2O3/c10-8(16)7-4(3-14)6(15(17)18)2-1-5(7)9(11,12)13/h1-2H. The molecular weight excluding hydrogens is 277 g/mol. The molecule has 94 valence electrons. The highest BCUT2D eigenvalue weighted by Crippen LogP contribution is 2.37. The number of hydrogen-bond donors (Lipinski definition) is 0. The van der Waals surface area contributed by atoms with Crippen molar-refractivity contribution in [2.45, 2.75) is 6.18 Å². The molecule has 0 aliphatic carbocycles. The lowest BCUT2D eigenvalue weighted by atomic mass is 10.0. The zero-order valence-electron chi connectivity index (χ0n) is 8.29. The van der Waals surface area contributed by atoms with Crippen LogP contribution < -0.4 is 0 Å². The average Bonchev–Trinajstić information content (AvgIpc) is 2.25. The van der Waals surface area contributed by atoms with Gasteiger partial charge in [0.15, 0.2) is 0 Å². The number of carbonyl (C=O) groups is 1. The van der Waals surface area contributed by atoms with Gasteiger partial charge in [-0.1, -0.05) is 0 Å². The molecule has 0 aliphatic rings. The summed E-state index contributed by atoms with van der Waals surface area (Å²) in [6, 6.07) is 2.04. The van der Waals surface area contributed by atoms with E-state index in [1.54, 1.807) is 0 Å². The molecule has 1 aromatic rings. The minimum absolute atomic E-state index is 0.342. The Balaban J connectivity index is 3.77. The second kappa shape index (κ2) is 4.62. The van der Waals surface area contributed by atoms with Crippen LogP contribution in [0.2, 0.25) is 0 Å². The second-order valence-electron chi connectivity index (χ2n) is 3.02. The molecule has 0 fully saturated rings. The number of alkyl halides is 3. The molecule has 0 heterocycles. The summed E-state index contributed by atoms with van der Waals surface area (Å²) in [4.78, 5) is 20.4. The van der Waals surface area contributed by atoms with Gasteiger partial charge in [0.1, 0.15) is 11.6 Å². The number of halogens is 4. The van der Waals surface area contributed by atoms with Gasteiger partial charge in [-0.2, -0.15) is 18.4 Å². The van der Waals surface area contributed by atoms with Crippen molar-refractivity contribution in [2.75, 3.05) is 0 Å². The molecule has 1 rings (SSSR count). The highest BCUT2D eigenvalue weighted by molar-refractivity contribution is 6.68. The van der Waals surface area contributed by atoms with Gasteiger partial charge in [0.2, 0.25) is 0 Å². The van der Waals surface area contributed by atoms with Crippen molar-refractivity contribution in [3.05, 3.63) is 38.9 Å². The molecule has 0 unspecified atom stereocenters. The fourth-order valence-electron chi connectivity index (χ4n) is 1.30. The molecule has 0 aliphatic heterocycles. The van der Waals surface area contributed by atoms with Crippen LogP contribution in [0.25, 0.3) is 0 Å². The number of nitro groups is 1. The molecule has 5 nitrogen and oxygen atoms in total. The van der Waals surface area contributed by atoms with Crippen molar-refractivity contribution in [3.63, 3.8) is 0 Å². The first-order chi connectivity index (χ1) is 8.20. The van der Waals surface area contributed by atoms with E-state index in [4.69, 9.17) is 16.9 Å². The van der Waals surface area contributed by atoms with Crippen LogP contribution in [0, 0.1) is 21.4 Å². The van der Waals surface area contributed by atoms with E-state index in [2.05, 4.69) is 0 Å². The molecule has 9 heteroatoms. The van der Waals surface area contributed by atoms with Gasteiger partial charge in [-0.05, 0) is 17.7 Å². The summed E-state index contributed by atoms with van der Waals surface area (Å²) >= 11 is 4.96. The maximum Gasteiger partial charge on any atom is 0.417 e. The molecule has 0 saturated carbocycles. The molecule has 1 aromatic carbocycles. The van der Waals surface area contributed by atoms with Crippen LogP contribution in [0.3, 0.4) is 0 Å². The van der Waals surface area contributed by atoms with Gasteiger partial charge in [0.05, 0.1) is 16.1 Å². The summed E-state index contributed by atoms with van der Waals surface area (Å²) in [5.41, 5.74) is -4.60. The first-order valence-corrected chi connectivity index (χ1v) is 4.56. The SMILES string of the molecule is N#Cc1c([N+](=O)[O-])ccc(C(F)(F)F)c1C(=O)Cl. The zero-order valence-corrected chi connectivity index (χ0v) is 9.04. The van der Waals surface area contributed by atoms with Gasteiger partial charge in [-0.15, -0.1) is 0 Å². The highest BCUT2D eigenvalue weighted by atomic mass is 35.5. The minimum atomic E-state index is -4.94. The summed E-state index contributed by atoms with van der Waals surface area (Å²) in [6.45, 7) is 0. The lowest BCUT2D eigenvalue weighted by molar-refractivity contribution is -0.385. The van der Waals surface area contributed by atoms with E-state index in [9.17, 15) is 28.1 Å². The summed E-state index contributed by atoms with van der Waals surface area (Å²) < 4.78 is 37.7. The molecular formula is C9H2ClF3N2O3. The number of hydrogen-bond acceptors (Lipinski definition) is 4. The molecule has 0 radical (unpaired) electrons. The van der Waals surface area contributed by atoms with E-state index in [0.29, 0.717) is 12.1 Å². The maximum absolute atomic E-state index is 12.6. The molecule has 0 N–H and O–H groups in total. The van der Waals surface area contributed by atoms with Crippen LogP contribution in [0.15, 0.2) is 12.1 Å². The smallest absolute Gasteiger partial charge is 0.276 e. The largest absolute Gasteiger partial charge is 0.417 e. The van der Waals surface area contributed by atoms with E-state index in [1.807, 2.05) is 0 Å². The average molecular weight is 279 g/mol. The third-order valence-corrected chi connectivity index (χ3v) is 2.18. The number of nitriles is 1. The Hall–Kier alpha value is -2.14.